The first-order chi connectivity index (χ1) is 20.8. The molecule has 9 heteroatoms. The number of carbonyl (C=O) groups is 3. The van der Waals surface area contributed by atoms with Gasteiger partial charge in [0.1, 0.15) is 18.8 Å². The van der Waals surface area contributed by atoms with E-state index in [0.717, 1.165) is 30.4 Å². The van der Waals surface area contributed by atoms with Gasteiger partial charge in [0.25, 0.3) is 0 Å². The maximum Gasteiger partial charge on any atom is 0.303 e. The zero-order chi connectivity index (χ0) is 31.0. The van der Waals surface area contributed by atoms with Gasteiger partial charge in [0.15, 0.2) is 18.5 Å². The lowest BCUT2D eigenvalue weighted by Gasteiger charge is -2.48. The Morgan fingerprint density at radius 1 is 0.721 bits per heavy atom. The van der Waals surface area contributed by atoms with Crippen molar-refractivity contribution in [3.8, 4) is 0 Å². The van der Waals surface area contributed by atoms with Crippen LogP contribution < -0.4 is 0 Å². The van der Waals surface area contributed by atoms with Crippen molar-refractivity contribution in [1.82, 2.24) is 4.90 Å². The monoisotopic (exact) mass is 597 g/mol. The van der Waals surface area contributed by atoms with Crippen LogP contribution in [0.2, 0.25) is 0 Å². The van der Waals surface area contributed by atoms with E-state index in [-0.39, 0.29) is 6.61 Å². The smallest absolute Gasteiger partial charge is 0.303 e. The van der Waals surface area contributed by atoms with Crippen LogP contribution in [-0.4, -0.2) is 66.7 Å². The summed E-state index contributed by atoms with van der Waals surface area (Å²) in [5.41, 5.74) is 2.08. The SMILES string of the molecule is CCCCCCCCO[C@@H]1O[C@H](COC(C)=O)[C@@H](OC(C)=O)[C@H](OC(C)=O)[C@H]1N(Cc1ccccc1)Cc1ccccc1. The summed E-state index contributed by atoms with van der Waals surface area (Å²) in [6.07, 6.45) is 2.80. The number of esters is 3. The Morgan fingerprint density at radius 2 is 1.26 bits per heavy atom. The first-order valence-corrected chi connectivity index (χ1v) is 15.3. The molecule has 0 bridgehead atoms. The molecular formula is C34H47NO8. The molecule has 0 aromatic heterocycles. The van der Waals surface area contributed by atoms with E-state index in [1.54, 1.807) is 0 Å². The molecular weight excluding hydrogens is 550 g/mol. The summed E-state index contributed by atoms with van der Waals surface area (Å²) < 4.78 is 29.9. The average molecular weight is 598 g/mol. The van der Waals surface area contributed by atoms with Crippen LogP contribution >= 0.6 is 0 Å². The summed E-state index contributed by atoms with van der Waals surface area (Å²) in [5, 5.41) is 0. The minimum absolute atomic E-state index is 0.188. The van der Waals surface area contributed by atoms with Crippen molar-refractivity contribution in [1.29, 1.82) is 0 Å². The highest BCUT2D eigenvalue weighted by atomic mass is 16.7. The van der Waals surface area contributed by atoms with Gasteiger partial charge in [-0.25, -0.2) is 0 Å². The Bertz CT molecular complexity index is 1070. The molecule has 2 aromatic carbocycles. The largest absolute Gasteiger partial charge is 0.463 e. The second-order valence-electron chi connectivity index (χ2n) is 11.0. The van der Waals surface area contributed by atoms with Crippen molar-refractivity contribution in [3.05, 3.63) is 71.8 Å². The van der Waals surface area contributed by atoms with Crippen molar-refractivity contribution in [2.75, 3.05) is 13.2 Å². The molecule has 1 fully saturated rings. The van der Waals surface area contributed by atoms with Crippen LogP contribution in [0, 0.1) is 0 Å². The molecule has 0 spiro atoms. The normalized spacial score (nSPS) is 21.7. The fraction of sp³-hybridized carbons (Fsp3) is 0.559. The molecule has 0 amide bonds. The Morgan fingerprint density at radius 3 is 1.79 bits per heavy atom. The molecule has 5 atom stereocenters. The van der Waals surface area contributed by atoms with Gasteiger partial charge in [0, 0.05) is 40.5 Å². The van der Waals surface area contributed by atoms with Gasteiger partial charge in [0.2, 0.25) is 0 Å². The van der Waals surface area contributed by atoms with Gasteiger partial charge in [-0.3, -0.25) is 19.3 Å². The van der Waals surface area contributed by atoms with Crippen molar-refractivity contribution in [2.24, 2.45) is 0 Å². The fourth-order valence-corrected chi connectivity index (χ4v) is 5.39. The van der Waals surface area contributed by atoms with E-state index in [2.05, 4.69) is 11.8 Å². The first-order valence-electron chi connectivity index (χ1n) is 15.3. The van der Waals surface area contributed by atoms with Crippen molar-refractivity contribution in [3.63, 3.8) is 0 Å². The molecule has 9 nitrogen and oxygen atoms in total. The molecule has 0 saturated carbocycles. The van der Waals surface area contributed by atoms with Crippen molar-refractivity contribution < 1.29 is 38.1 Å². The quantitative estimate of drug-likeness (QED) is 0.131. The maximum atomic E-state index is 12.5. The topological polar surface area (TPSA) is 101 Å². The predicted molar refractivity (Wildman–Crippen MR) is 162 cm³/mol. The van der Waals surface area contributed by atoms with Crippen LogP contribution in [0.4, 0.5) is 0 Å². The molecule has 1 aliphatic rings. The lowest BCUT2D eigenvalue weighted by molar-refractivity contribution is -0.295. The van der Waals surface area contributed by atoms with Gasteiger partial charge in [-0.15, -0.1) is 0 Å². The van der Waals surface area contributed by atoms with E-state index in [1.807, 2.05) is 60.7 Å². The van der Waals surface area contributed by atoms with E-state index in [1.165, 1.54) is 40.0 Å². The maximum absolute atomic E-state index is 12.5. The number of ether oxygens (including phenoxy) is 5. The Labute approximate surface area is 255 Å². The predicted octanol–water partition coefficient (Wildman–Crippen LogP) is 5.59. The second kappa shape index (κ2) is 18.4. The van der Waals surface area contributed by atoms with E-state index in [4.69, 9.17) is 23.7 Å². The van der Waals surface area contributed by atoms with Crippen LogP contribution in [-0.2, 0) is 51.2 Å². The van der Waals surface area contributed by atoms with Crippen LogP contribution in [0.3, 0.4) is 0 Å². The van der Waals surface area contributed by atoms with Crippen molar-refractivity contribution >= 4 is 17.9 Å². The van der Waals surface area contributed by atoms with Gasteiger partial charge >= 0.3 is 17.9 Å². The molecule has 0 aliphatic carbocycles. The Kier molecular flexibility index (Phi) is 14.6. The Hall–Kier alpha value is -3.27. The lowest BCUT2D eigenvalue weighted by Crippen LogP contribution is -2.66. The molecule has 1 aliphatic heterocycles. The third-order valence-electron chi connectivity index (χ3n) is 7.33. The number of rotatable bonds is 17. The van der Waals surface area contributed by atoms with Gasteiger partial charge in [-0.05, 0) is 17.5 Å². The molecule has 0 N–H and O–H groups in total. The molecule has 0 unspecified atom stereocenters. The number of nitrogens with zero attached hydrogens (tertiary/aromatic N) is 1. The number of benzene rings is 2. The summed E-state index contributed by atoms with van der Waals surface area (Å²) in [5.74, 6) is -1.61. The molecule has 2 aromatic rings. The van der Waals surface area contributed by atoms with Crippen LogP contribution in [0.5, 0.6) is 0 Å². The van der Waals surface area contributed by atoms with E-state index in [9.17, 15) is 14.4 Å². The highest BCUT2D eigenvalue weighted by Crippen LogP contribution is 2.33. The highest BCUT2D eigenvalue weighted by molar-refractivity contribution is 5.68. The molecule has 0 radical (unpaired) electrons. The number of carbonyl (C=O) groups excluding carboxylic acids is 3. The summed E-state index contributed by atoms with van der Waals surface area (Å²) in [7, 11) is 0. The molecule has 1 saturated heterocycles. The van der Waals surface area contributed by atoms with E-state index < -0.39 is 48.6 Å². The van der Waals surface area contributed by atoms with Gasteiger partial charge in [-0.2, -0.15) is 0 Å². The standard InChI is InChI=1S/C34H47NO8/c1-5-6-7-8-9-16-21-39-34-31(35(22-28-17-12-10-13-18-28)23-29-19-14-11-15-20-29)33(42-27(4)38)32(41-26(3)37)30(43-34)24-40-25(2)36/h10-15,17-20,30-34H,5-9,16,21-24H2,1-4H3/t30-,31-,32-,33-,34-/m1/s1. The fourth-order valence-electron chi connectivity index (χ4n) is 5.39. The minimum atomic E-state index is -1.03. The van der Waals surface area contributed by atoms with Crippen molar-refractivity contribution in [2.45, 2.75) is 110 Å². The molecule has 43 heavy (non-hydrogen) atoms. The minimum Gasteiger partial charge on any atom is -0.463 e. The van der Waals surface area contributed by atoms with Gasteiger partial charge in [0.05, 0.1) is 0 Å². The average Bonchev–Trinajstić information content (AvgIpc) is 2.97. The number of hydrogen-bond acceptors (Lipinski definition) is 9. The summed E-state index contributed by atoms with van der Waals surface area (Å²) >= 11 is 0. The van der Waals surface area contributed by atoms with E-state index in [0.29, 0.717) is 19.7 Å². The zero-order valence-electron chi connectivity index (χ0n) is 25.9. The number of hydrogen-bond donors (Lipinski definition) is 0. The van der Waals surface area contributed by atoms with E-state index >= 15 is 0 Å². The van der Waals surface area contributed by atoms with Gasteiger partial charge in [-0.1, -0.05) is 99.7 Å². The number of unbranched alkanes of at least 4 members (excludes halogenated alkanes) is 5. The Balaban J connectivity index is 2.00. The molecule has 1 heterocycles. The van der Waals surface area contributed by atoms with Crippen LogP contribution in [0.15, 0.2) is 60.7 Å². The van der Waals surface area contributed by atoms with Crippen LogP contribution in [0.25, 0.3) is 0 Å². The summed E-state index contributed by atoms with van der Waals surface area (Å²) in [6, 6.07) is 19.3. The summed E-state index contributed by atoms with van der Waals surface area (Å²) in [4.78, 5) is 38.7. The van der Waals surface area contributed by atoms with Crippen LogP contribution in [0.1, 0.15) is 77.3 Å². The highest BCUT2D eigenvalue weighted by Gasteiger charge is 2.53. The zero-order valence-corrected chi connectivity index (χ0v) is 25.9. The second-order valence-corrected chi connectivity index (χ2v) is 11.0. The van der Waals surface area contributed by atoms with Gasteiger partial charge < -0.3 is 23.7 Å². The summed E-state index contributed by atoms with van der Waals surface area (Å²) in [6.45, 7) is 7.31. The lowest BCUT2D eigenvalue weighted by atomic mass is 9.93. The third-order valence-corrected chi connectivity index (χ3v) is 7.33. The first kappa shape index (κ1) is 34.2. The molecule has 236 valence electrons. The molecule has 3 rings (SSSR count). The third kappa shape index (κ3) is 11.7.